The van der Waals surface area contributed by atoms with Gasteiger partial charge in [-0.05, 0) is 12.8 Å². The fraction of sp³-hybridized carbons (Fsp3) is 1.00. The second kappa shape index (κ2) is 6.95. The fourth-order valence-corrected chi connectivity index (χ4v) is 0.706. The van der Waals surface area contributed by atoms with E-state index < -0.39 is 0 Å². The van der Waals surface area contributed by atoms with Crippen molar-refractivity contribution in [3.63, 3.8) is 0 Å². The fourth-order valence-electron chi connectivity index (χ4n) is 0.706. The largest absolute Gasteiger partial charge is 0.396 e. The zero-order chi connectivity index (χ0) is 7.82. The van der Waals surface area contributed by atoms with Crippen LogP contribution in [0.2, 0.25) is 0 Å². The van der Waals surface area contributed by atoms with Gasteiger partial charge in [-0.1, -0.05) is 0 Å². The van der Waals surface area contributed by atoms with Crippen molar-refractivity contribution < 1.29 is 15.5 Å². The van der Waals surface area contributed by atoms with Gasteiger partial charge in [-0.3, -0.25) is 0 Å². The van der Waals surface area contributed by atoms with E-state index in [0.29, 0.717) is 0 Å². The summed E-state index contributed by atoms with van der Waals surface area (Å²) in [7, 11) is 3.57. The lowest BCUT2D eigenvalue weighted by Gasteiger charge is -2.09. The summed E-state index contributed by atoms with van der Waals surface area (Å²) in [5.74, 6) is 0. The van der Waals surface area contributed by atoms with E-state index in [2.05, 4.69) is 0 Å². The molecule has 0 aliphatic heterocycles. The van der Waals surface area contributed by atoms with Crippen molar-refractivity contribution >= 4 is 0 Å². The third kappa shape index (κ3) is 5.97. The first kappa shape index (κ1) is 9.84. The molecule has 0 rings (SSSR count). The van der Waals surface area contributed by atoms with E-state index in [1.165, 1.54) is 0 Å². The standard InChI is InChI=1S/C6H16N2O2/c1-8(7-10-2)5-3-4-6-9/h7,9H,3-6H2,1-2H3/p+1. The highest BCUT2D eigenvalue weighted by molar-refractivity contribution is 4.38. The van der Waals surface area contributed by atoms with Crippen molar-refractivity contribution in [2.45, 2.75) is 12.8 Å². The molecule has 10 heavy (non-hydrogen) atoms. The molecule has 0 spiro atoms. The van der Waals surface area contributed by atoms with E-state index >= 15 is 0 Å². The number of hydrogen-bond donors (Lipinski definition) is 2. The van der Waals surface area contributed by atoms with E-state index in [1.54, 1.807) is 12.7 Å². The minimum Gasteiger partial charge on any atom is -0.396 e. The van der Waals surface area contributed by atoms with E-state index in [1.807, 2.05) is 12.1 Å². The van der Waals surface area contributed by atoms with Crippen LogP contribution in [0.3, 0.4) is 0 Å². The van der Waals surface area contributed by atoms with Gasteiger partial charge in [-0.2, -0.15) is 4.84 Å². The summed E-state index contributed by atoms with van der Waals surface area (Å²) < 4.78 is 0. The minimum atomic E-state index is 0.279. The van der Waals surface area contributed by atoms with Gasteiger partial charge in [-0.15, -0.1) is 10.6 Å². The second-order valence-electron chi connectivity index (χ2n) is 2.25. The van der Waals surface area contributed by atoms with Crippen molar-refractivity contribution in [1.82, 2.24) is 5.01 Å². The maximum absolute atomic E-state index is 8.45. The number of nitrogens with two attached hydrogens (primary N) is 1. The number of aliphatic hydroxyl groups is 1. The number of unbranched alkanes of at least 4 members (excludes halogenated alkanes) is 1. The van der Waals surface area contributed by atoms with E-state index in [4.69, 9.17) is 9.94 Å². The Labute approximate surface area is 61.7 Å². The highest BCUT2D eigenvalue weighted by Gasteiger charge is 1.97. The number of hydrogen-bond acceptors (Lipinski definition) is 3. The lowest BCUT2D eigenvalue weighted by molar-refractivity contribution is -0.992. The predicted molar refractivity (Wildman–Crippen MR) is 37.9 cm³/mol. The molecule has 0 aromatic rings. The van der Waals surface area contributed by atoms with Crippen molar-refractivity contribution in [2.75, 3.05) is 27.3 Å². The van der Waals surface area contributed by atoms with Gasteiger partial charge in [0.1, 0.15) is 0 Å². The van der Waals surface area contributed by atoms with Crippen LogP contribution in [0, 0.1) is 0 Å². The van der Waals surface area contributed by atoms with Crippen LogP contribution in [-0.2, 0) is 4.84 Å². The van der Waals surface area contributed by atoms with Gasteiger partial charge in [0, 0.05) is 13.7 Å². The van der Waals surface area contributed by atoms with E-state index in [-0.39, 0.29) is 6.61 Å². The zero-order valence-electron chi connectivity index (χ0n) is 6.71. The first-order chi connectivity index (χ1) is 4.81. The highest BCUT2D eigenvalue weighted by Crippen LogP contribution is 1.85. The lowest BCUT2D eigenvalue weighted by atomic mass is 10.3. The van der Waals surface area contributed by atoms with Gasteiger partial charge in [0.2, 0.25) is 0 Å². The molecule has 0 bridgehead atoms. The Bertz CT molecular complexity index is 70.8. The van der Waals surface area contributed by atoms with Gasteiger partial charge in [0.25, 0.3) is 0 Å². The zero-order valence-corrected chi connectivity index (χ0v) is 6.71. The molecule has 0 saturated heterocycles. The van der Waals surface area contributed by atoms with Crippen LogP contribution in [0.25, 0.3) is 0 Å². The van der Waals surface area contributed by atoms with Crippen molar-refractivity contribution in [3.8, 4) is 0 Å². The Hall–Kier alpha value is -0.160. The smallest absolute Gasteiger partial charge is 0.0977 e. The van der Waals surface area contributed by atoms with Crippen molar-refractivity contribution in [3.05, 3.63) is 0 Å². The highest BCUT2D eigenvalue weighted by atomic mass is 16.7. The van der Waals surface area contributed by atoms with Gasteiger partial charge in [-0.25, -0.2) is 0 Å². The predicted octanol–water partition coefficient (Wildman–Crippen LogP) is -1.27. The molecule has 62 valence electrons. The van der Waals surface area contributed by atoms with E-state index in [9.17, 15) is 0 Å². The van der Waals surface area contributed by atoms with Gasteiger partial charge < -0.3 is 5.11 Å². The first-order valence-electron chi connectivity index (χ1n) is 3.48. The molecule has 4 nitrogen and oxygen atoms in total. The van der Waals surface area contributed by atoms with Gasteiger partial charge in [0.05, 0.1) is 13.7 Å². The summed E-state index contributed by atoms with van der Waals surface area (Å²) in [5, 5.41) is 10.4. The van der Waals surface area contributed by atoms with Crippen molar-refractivity contribution in [2.24, 2.45) is 0 Å². The Morgan fingerprint density at radius 2 is 2.20 bits per heavy atom. The Morgan fingerprint density at radius 3 is 2.70 bits per heavy atom. The Balaban J connectivity index is 2.97. The normalized spacial score (nSPS) is 10.8. The third-order valence-electron chi connectivity index (χ3n) is 1.20. The topological polar surface area (TPSA) is 49.3 Å². The lowest BCUT2D eigenvalue weighted by Crippen LogP contribution is -2.91. The summed E-state index contributed by atoms with van der Waals surface area (Å²) in [6.07, 6.45) is 1.87. The number of nitrogens with zero attached hydrogens (tertiary/aromatic N) is 1. The molecule has 0 amide bonds. The summed E-state index contributed by atoms with van der Waals surface area (Å²) in [4.78, 5) is 4.77. The molecule has 0 unspecified atom stereocenters. The number of rotatable bonds is 6. The molecule has 0 aliphatic carbocycles. The SMILES string of the molecule is CO[NH2+]N(C)CCCCO. The quantitative estimate of drug-likeness (QED) is 0.281. The van der Waals surface area contributed by atoms with Crippen LogP contribution < -0.4 is 5.59 Å². The molecule has 0 atom stereocenters. The molecule has 0 fully saturated rings. The molecule has 3 N–H and O–H groups in total. The molecule has 0 aromatic heterocycles. The van der Waals surface area contributed by atoms with Crippen molar-refractivity contribution in [1.29, 1.82) is 0 Å². The number of quaternary nitrogens is 1. The Kier molecular flexibility index (Phi) is 6.84. The molecule has 4 heteroatoms. The van der Waals surface area contributed by atoms with Crippen LogP contribution in [0.15, 0.2) is 0 Å². The minimum absolute atomic E-state index is 0.279. The number of aliphatic hydroxyl groups excluding tert-OH is 1. The monoisotopic (exact) mass is 149 g/mol. The average molecular weight is 149 g/mol. The average Bonchev–Trinajstić information content (AvgIpc) is 1.89. The molecular formula is C6H17N2O2+. The third-order valence-corrected chi connectivity index (χ3v) is 1.20. The van der Waals surface area contributed by atoms with Crippen LogP contribution in [0.1, 0.15) is 12.8 Å². The van der Waals surface area contributed by atoms with Gasteiger partial charge >= 0.3 is 0 Å². The summed E-state index contributed by atoms with van der Waals surface area (Å²) in [5.41, 5.74) is 1.66. The Morgan fingerprint density at radius 1 is 1.50 bits per heavy atom. The molecule has 0 radical (unpaired) electrons. The van der Waals surface area contributed by atoms with Crippen LogP contribution >= 0.6 is 0 Å². The molecule has 0 saturated carbocycles. The maximum atomic E-state index is 8.45. The van der Waals surface area contributed by atoms with Crippen LogP contribution in [0.4, 0.5) is 0 Å². The van der Waals surface area contributed by atoms with Crippen LogP contribution in [-0.4, -0.2) is 37.4 Å². The molecule has 0 aliphatic rings. The summed E-state index contributed by atoms with van der Waals surface area (Å²) in [6, 6.07) is 0. The first-order valence-corrected chi connectivity index (χ1v) is 3.48. The maximum Gasteiger partial charge on any atom is 0.0977 e. The van der Waals surface area contributed by atoms with Gasteiger partial charge in [0.15, 0.2) is 0 Å². The summed E-state index contributed by atoms with van der Waals surface area (Å²) in [6.45, 7) is 1.22. The van der Waals surface area contributed by atoms with E-state index in [0.717, 1.165) is 19.4 Å². The van der Waals surface area contributed by atoms with Crippen LogP contribution in [0.5, 0.6) is 0 Å². The molecule has 0 heterocycles. The molecular weight excluding hydrogens is 132 g/mol. The second-order valence-corrected chi connectivity index (χ2v) is 2.25. The summed E-state index contributed by atoms with van der Waals surface area (Å²) >= 11 is 0. The molecule has 0 aromatic carbocycles.